The van der Waals surface area contributed by atoms with Gasteiger partial charge in [-0.2, -0.15) is 0 Å². The molecule has 0 amide bonds. The molecule has 3 nitrogen and oxygen atoms in total. The maximum atomic E-state index is 11.2. The zero-order chi connectivity index (χ0) is 11.5. The van der Waals surface area contributed by atoms with E-state index in [2.05, 4.69) is 11.8 Å². The molecule has 0 aromatic rings. The van der Waals surface area contributed by atoms with Crippen LogP contribution in [0, 0.1) is 5.92 Å². The average molecular weight is 225 g/mol. The van der Waals surface area contributed by atoms with Crippen LogP contribution in [0.3, 0.4) is 0 Å². The van der Waals surface area contributed by atoms with E-state index in [4.69, 9.17) is 0 Å². The molecule has 3 atom stereocenters. The molecule has 2 aliphatic rings. The largest absolute Gasteiger partial charge is 0.480 e. The Bertz CT molecular complexity index is 254. The minimum atomic E-state index is -0.611. The van der Waals surface area contributed by atoms with Gasteiger partial charge in [-0.15, -0.1) is 0 Å². The lowest BCUT2D eigenvalue weighted by atomic mass is 9.98. The van der Waals surface area contributed by atoms with Crippen molar-refractivity contribution in [2.24, 2.45) is 5.92 Å². The van der Waals surface area contributed by atoms with Crippen LogP contribution in [0.2, 0.25) is 0 Å². The van der Waals surface area contributed by atoms with Crippen LogP contribution in [0.1, 0.15) is 51.9 Å². The van der Waals surface area contributed by atoms with Crippen molar-refractivity contribution in [3.63, 3.8) is 0 Å². The standard InChI is InChI=1S/C13H23NO2/c1-2-10-6-7-11(9-10)14-8-4-3-5-12(14)13(15)16/h10-12H,2-9H2,1H3,(H,15,16). The van der Waals surface area contributed by atoms with Crippen LogP contribution >= 0.6 is 0 Å². The molecule has 92 valence electrons. The van der Waals surface area contributed by atoms with Crippen molar-refractivity contribution < 1.29 is 9.90 Å². The molecular weight excluding hydrogens is 202 g/mol. The molecule has 16 heavy (non-hydrogen) atoms. The van der Waals surface area contributed by atoms with E-state index >= 15 is 0 Å². The van der Waals surface area contributed by atoms with Gasteiger partial charge in [0.05, 0.1) is 0 Å². The van der Waals surface area contributed by atoms with Gasteiger partial charge in [0.15, 0.2) is 0 Å². The topological polar surface area (TPSA) is 40.5 Å². The summed E-state index contributed by atoms with van der Waals surface area (Å²) in [6.45, 7) is 3.25. The van der Waals surface area contributed by atoms with Gasteiger partial charge < -0.3 is 5.11 Å². The third kappa shape index (κ3) is 2.40. The highest BCUT2D eigenvalue weighted by molar-refractivity contribution is 5.73. The molecule has 0 radical (unpaired) electrons. The summed E-state index contributed by atoms with van der Waals surface area (Å²) < 4.78 is 0. The average Bonchev–Trinajstić information content (AvgIpc) is 2.77. The van der Waals surface area contributed by atoms with Crippen LogP contribution in [0.15, 0.2) is 0 Å². The van der Waals surface area contributed by atoms with Crippen molar-refractivity contribution in [2.45, 2.75) is 64.0 Å². The number of rotatable bonds is 3. The first kappa shape index (κ1) is 11.9. The van der Waals surface area contributed by atoms with Gasteiger partial charge in [-0.1, -0.05) is 19.8 Å². The molecule has 1 aliphatic carbocycles. The number of carboxylic acids is 1. The van der Waals surface area contributed by atoms with E-state index in [1.165, 1.54) is 32.1 Å². The van der Waals surface area contributed by atoms with Crippen LogP contribution in [-0.4, -0.2) is 34.6 Å². The second-order valence-electron chi connectivity index (χ2n) is 5.33. The maximum absolute atomic E-state index is 11.2. The van der Waals surface area contributed by atoms with Gasteiger partial charge in [-0.3, -0.25) is 9.69 Å². The summed E-state index contributed by atoms with van der Waals surface area (Å²) in [7, 11) is 0. The van der Waals surface area contributed by atoms with Gasteiger partial charge >= 0.3 is 5.97 Å². The number of carboxylic acid groups (broad SMARTS) is 1. The number of aliphatic carboxylic acids is 1. The van der Waals surface area contributed by atoms with Gasteiger partial charge in [0.1, 0.15) is 6.04 Å². The van der Waals surface area contributed by atoms with Crippen molar-refractivity contribution in [3.05, 3.63) is 0 Å². The number of hydrogen-bond donors (Lipinski definition) is 1. The van der Waals surface area contributed by atoms with Gasteiger partial charge in [-0.05, 0) is 44.6 Å². The number of hydrogen-bond acceptors (Lipinski definition) is 2. The maximum Gasteiger partial charge on any atom is 0.320 e. The highest BCUT2D eigenvalue weighted by Gasteiger charge is 2.36. The van der Waals surface area contributed by atoms with E-state index in [1.54, 1.807) is 0 Å². The van der Waals surface area contributed by atoms with Crippen LogP contribution in [0.5, 0.6) is 0 Å². The van der Waals surface area contributed by atoms with Gasteiger partial charge in [0.25, 0.3) is 0 Å². The first-order valence-corrected chi connectivity index (χ1v) is 6.71. The molecule has 1 aliphatic heterocycles. The van der Waals surface area contributed by atoms with Crippen LogP contribution < -0.4 is 0 Å². The smallest absolute Gasteiger partial charge is 0.320 e. The molecule has 0 aromatic heterocycles. The lowest BCUT2D eigenvalue weighted by Crippen LogP contribution is -2.49. The van der Waals surface area contributed by atoms with Crippen molar-refractivity contribution in [1.82, 2.24) is 4.90 Å². The highest BCUT2D eigenvalue weighted by atomic mass is 16.4. The van der Waals surface area contributed by atoms with E-state index in [0.717, 1.165) is 25.3 Å². The zero-order valence-corrected chi connectivity index (χ0v) is 10.2. The van der Waals surface area contributed by atoms with E-state index in [1.807, 2.05) is 0 Å². The van der Waals surface area contributed by atoms with Gasteiger partial charge in [-0.25, -0.2) is 0 Å². The Labute approximate surface area is 97.8 Å². The first-order valence-electron chi connectivity index (χ1n) is 6.71. The van der Waals surface area contributed by atoms with Crippen molar-refractivity contribution in [3.8, 4) is 0 Å². The second-order valence-corrected chi connectivity index (χ2v) is 5.33. The summed E-state index contributed by atoms with van der Waals surface area (Å²) in [5, 5.41) is 9.25. The summed E-state index contributed by atoms with van der Waals surface area (Å²) in [6, 6.07) is 0.348. The van der Waals surface area contributed by atoms with E-state index < -0.39 is 5.97 Å². The molecule has 2 fully saturated rings. The van der Waals surface area contributed by atoms with E-state index in [-0.39, 0.29) is 6.04 Å². The molecule has 0 aromatic carbocycles. The Balaban J connectivity index is 1.98. The summed E-state index contributed by atoms with van der Waals surface area (Å²) in [4.78, 5) is 13.5. The lowest BCUT2D eigenvalue weighted by Gasteiger charge is -2.37. The molecule has 3 heteroatoms. The fraction of sp³-hybridized carbons (Fsp3) is 0.923. The van der Waals surface area contributed by atoms with E-state index in [9.17, 15) is 9.90 Å². The molecule has 1 heterocycles. The Morgan fingerprint density at radius 1 is 1.31 bits per heavy atom. The molecule has 1 saturated heterocycles. The SMILES string of the molecule is CCC1CCC(N2CCCCC2C(=O)O)C1. The summed E-state index contributed by atoms with van der Waals surface area (Å²) in [5.41, 5.74) is 0. The Morgan fingerprint density at radius 3 is 2.75 bits per heavy atom. The molecule has 0 spiro atoms. The predicted octanol–water partition coefficient (Wildman–Crippen LogP) is 2.50. The number of likely N-dealkylation sites (tertiary alicyclic amines) is 1. The quantitative estimate of drug-likeness (QED) is 0.802. The molecular formula is C13H23NO2. The molecule has 3 unspecified atom stereocenters. The van der Waals surface area contributed by atoms with Gasteiger partial charge in [0.2, 0.25) is 0 Å². The first-order chi connectivity index (χ1) is 7.72. The Kier molecular flexibility index (Phi) is 3.85. The lowest BCUT2D eigenvalue weighted by molar-refractivity contribution is -0.145. The predicted molar refractivity (Wildman–Crippen MR) is 63.4 cm³/mol. The Morgan fingerprint density at radius 2 is 2.12 bits per heavy atom. The summed E-state index contributed by atoms with van der Waals surface area (Å²) in [6.07, 6.45) is 8.09. The van der Waals surface area contributed by atoms with Gasteiger partial charge in [0, 0.05) is 6.04 Å². The molecule has 0 bridgehead atoms. The summed E-state index contributed by atoms with van der Waals surface area (Å²) in [5.74, 6) is 0.223. The number of piperidine rings is 1. The Hall–Kier alpha value is -0.570. The van der Waals surface area contributed by atoms with E-state index in [0.29, 0.717) is 6.04 Å². The fourth-order valence-electron chi connectivity index (χ4n) is 3.38. The minimum absolute atomic E-state index is 0.200. The second kappa shape index (κ2) is 5.17. The van der Waals surface area contributed by atoms with Crippen molar-refractivity contribution in [1.29, 1.82) is 0 Å². The monoisotopic (exact) mass is 225 g/mol. The van der Waals surface area contributed by atoms with Crippen molar-refractivity contribution in [2.75, 3.05) is 6.54 Å². The van der Waals surface area contributed by atoms with Crippen LogP contribution in [-0.2, 0) is 4.79 Å². The summed E-state index contributed by atoms with van der Waals surface area (Å²) >= 11 is 0. The highest BCUT2D eigenvalue weighted by Crippen LogP contribution is 2.34. The van der Waals surface area contributed by atoms with Crippen LogP contribution in [0.4, 0.5) is 0 Å². The molecule has 2 rings (SSSR count). The third-order valence-electron chi connectivity index (χ3n) is 4.39. The zero-order valence-electron chi connectivity index (χ0n) is 10.2. The number of nitrogens with zero attached hydrogens (tertiary/aromatic N) is 1. The molecule has 1 N–H and O–H groups in total. The fourth-order valence-corrected chi connectivity index (χ4v) is 3.38. The number of carbonyl (C=O) groups is 1. The minimum Gasteiger partial charge on any atom is -0.480 e. The third-order valence-corrected chi connectivity index (χ3v) is 4.39. The molecule has 1 saturated carbocycles. The van der Waals surface area contributed by atoms with Crippen molar-refractivity contribution >= 4 is 5.97 Å². The van der Waals surface area contributed by atoms with Crippen LogP contribution in [0.25, 0.3) is 0 Å². The normalized spacial score (nSPS) is 36.4.